The van der Waals surface area contributed by atoms with Crippen LogP contribution in [0.2, 0.25) is 0 Å². The molecule has 0 aliphatic heterocycles. The lowest BCUT2D eigenvalue weighted by Gasteiger charge is -2.20. The highest BCUT2D eigenvalue weighted by Gasteiger charge is 2.26. The van der Waals surface area contributed by atoms with Gasteiger partial charge in [-0.25, -0.2) is 9.36 Å². The summed E-state index contributed by atoms with van der Waals surface area (Å²) in [5.41, 5.74) is 0. The minimum atomic E-state index is -4.59. The molecule has 0 rings (SSSR count). The van der Waals surface area contributed by atoms with E-state index in [4.69, 9.17) is 32.7 Å². The van der Waals surface area contributed by atoms with Gasteiger partial charge in [-0.05, 0) is 12.8 Å². The SMILES string of the molecule is CCCCCCCCCCCCCCCCCC(=O)OCC(COP(=O)(O)OCCNC(=O)OCCOCCOC)OC(=O)CCCCCCCCCCCCCCCCC. The Morgan fingerprint density at radius 2 is 0.902 bits per heavy atom. The zero-order chi connectivity index (χ0) is 44.8. The molecule has 2 unspecified atom stereocenters. The fourth-order valence-corrected chi connectivity index (χ4v) is 7.67. The van der Waals surface area contributed by atoms with Crippen LogP contribution in [0.1, 0.15) is 219 Å². The minimum Gasteiger partial charge on any atom is -0.462 e. The van der Waals surface area contributed by atoms with Crippen molar-refractivity contribution < 1.29 is 56.6 Å². The van der Waals surface area contributed by atoms with E-state index < -0.39 is 38.6 Å². The number of carbonyl (C=O) groups excluding carboxylic acids is 3. The Balaban J connectivity index is 4.48. The number of phosphoric ester groups is 1. The quantitative estimate of drug-likeness (QED) is 0.0257. The molecule has 0 aliphatic carbocycles. The van der Waals surface area contributed by atoms with E-state index >= 15 is 0 Å². The van der Waals surface area contributed by atoms with Crippen LogP contribution in [0, 0.1) is 0 Å². The van der Waals surface area contributed by atoms with Crippen molar-refractivity contribution in [3.05, 3.63) is 0 Å². The van der Waals surface area contributed by atoms with Gasteiger partial charge in [-0.15, -0.1) is 0 Å². The van der Waals surface area contributed by atoms with E-state index in [1.54, 1.807) is 7.11 Å². The number of hydrogen-bond acceptors (Lipinski definition) is 11. The average molecular weight is 894 g/mol. The fraction of sp³-hybridized carbons (Fsp3) is 0.936. The third kappa shape index (κ3) is 46.1. The van der Waals surface area contributed by atoms with Gasteiger partial charge in [0.05, 0.1) is 33.0 Å². The molecular weight excluding hydrogens is 801 g/mol. The van der Waals surface area contributed by atoms with Crippen LogP contribution in [0.15, 0.2) is 0 Å². The standard InChI is InChI=1S/C47H92NO12P/c1-4-6-8-10-12-14-16-18-20-22-24-26-28-30-32-34-45(49)57-42-44(43-59-61(52,53)58-37-36-48-47(51)56-41-40-55-39-38-54-3)60-46(50)35-33-31-29-27-25-23-21-19-17-15-13-11-9-7-5-2/h44H,4-43H2,1-3H3,(H,48,51)(H,52,53). The van der Waals surface area contributed by atoms with Crippen LogP contribution in [0.4, 0.5) is 4.79 Å². The summed E-state index contributed by atoms with van der Waals surface area (Å²) in [6.07, 6.45) is 35.4. The number of rotatable bonds is 48. The van der Waals surface area contributed by atoms with Crippen molar-refractivity contribution in [3.8, 4) is 0 Å². The molecule has 2 atom stereocenters. The lowest BCUT2D eigenvalue weighted by molar-refractivity contribution is -0.161. The predicted molar refractivity (Wildman–Crippen MR) is 244 cm³/mol. The van der Waals surface area contributed by atoms with Crippen LogP contribution in [-0.2, 0) is 46.9 Å². The summed E-state index contributed by atoms with van der Waals surface area (Å²) in [7, 11) is -3.03. The van der Waals surface area contributed by atoms with Crippen molar-refractivity contribution in [1.29, 1.82) is 0 Å². The smallest absolute Gasteiger partial charge is 0.462 e. The van der Waals surface area contributed by atoms with E-state index in [1.165, 1.54) is 141 Å². The summed E-state index contributed by atoms with van der Waals surface area (Å²) in [5, 5.41) is 2.40. The van der Waals surface area contributed by atoms with E-state index in [1.807, 2.05) is 0 Å². The topological polar surface area (TPSA) is 165 Å². The zero-order valence-electron chi connectivity index (χ0n) is 39.2. The summed E-state index contributed by atoms with van der Waals surface area (Å²) >= 11 is 0. The van der Waals surface area contributed by atoms with Gasteiger partial charge < -0.3 is 33.9 Å². The van der Waals surface area contributed by atoms with E-state index in [0.717, 1.165) is 38.5 Å². The number of nitrogens with one attached hydrogen (secondary N) is 1. The van der Waals surface area contributed by atoms with Crippen LogP contribution in [0.25, 0.3) is 0 Å². The number of alkyl carbamates (subject to hydrolysis) is 1. The van der Waals surface area contributed by atoms with E-state index in [2.05, 4.69) is 19.2 Å². The molecule has 362 valence electrons. The molecular formula is C47H92NO12P. The number of phosphoric acid groups is 1. The fourth-order valence-electron chi connectivity index (χ4n) is 6.92. The Kier molecular flexibility index (Phi) is 44.9. The number of ether oxygens (including phenoxy) is 5. The van der Waals surface area contributed by atoms with Gasteiger partial charge in [0.15, 0.2) is 6.10 Å². The number of carbonyl (C=O) groups is 3. The third-order valence-corrected chi connectivity index (χ3v) is 11.6. The van der Waals surface area contributed by atoms with Crippen LogP contribution >= 0.6 is 7.82 Å². The zero-order valence-corrected chi connectivity index (χ0v) is 40.1. The predicted octanol–water partition coefficient (Wildman–Crippen LogP) is 12.5. The molecule has 14 heteroatoms. The van der Waals surface area contributed by atoms with Crippen molar-refractivity contribution in [3.63, 3.8) is 0 Å². The summed E-state index contributed by atoms with van der Waals surface area (Å²) in [6.45, 7) is 4.27. The lowest BCUT2D eigenvalue weighted by atomic mass is 10.0. The second kappa shape index (κ2) is 46.2. The largest absolute Gasteiger partial charge is 0.472 e. The molecule has 0 spiro atoms. The van der Waals surface area contributed by atoms with Gasteiger partial charge in [0, 0.05) is 26.5 Å². The first kappa shape index (κ1) is 59.2. The number of amides is 1. The van der Waals surface area contributed by atoms with Gasteiger partial charge in [0.2, 0.25) is 0 Å². The highest BCUT2D eigenvalue weighted by Crippen LogP contribution is 2.43. The normalized spacial score (nSPS) is 12.9. The van der Waals surface area contributed by atoms with Gasteiger partial charge in [0.1, 0.15) is 13.2 Å². The van der Waals surface area contributed by atoms with Gasteiger partial charge in [-0.3, -0.25) is 18.6 Å². The van der Waals surface area contributed by atoms with E-state index in [-0.39, 0.29) is 45.8 Å². The van der Waals surface area contributed by atoms with Gasteiger partial charge in [-0.2, -0.15) is 0 Å². The van der Waals surface area contributed by atoms with Crippen LogP contribution in [0.5, 0.6) is 0 Å². The highest BCUT2D eigenvalue weighted by molar-refractivity contribution is 7.47. The molecule has 0 bridgehead atoms. The summed E-state index contributed by atoms with van der Waals surface area (Å²) < 4.78 is 48.6. The molecule has 0 saturated heterocycles. The van der Waals surface area contributed by atoms with Crippen molar-refractivity contribution in [2.45, 2.75) is 225 Å². The number of unbranched alkanes of at least 4 members (excludes halogenated alkanes) is 28. The van der Waals surface area contributed by atoms with Crippen LogP contribution < -0.4 is 5.32 Å². The van der Waals surface area contributed by atoms with E-state index in [9.17, 15) is 23.8 Å². The van der Waals surface area contributed by atoms with Crippen LogP contribution in [-0.4, -0.2) is 88.9 Å². The van der Waals surface area contributed by atoms with Gasteiger partial charge >= 0.3 is 25.9 Å². The molecule has 2 N–H and O–H groups in total. The maximum absolute atomic E-state index is 12.8. The number of hydrogen-bond donors (Lipinski definition) is 2. The van der Waals surface area contributed by atoms with Crippen molar-refractivity contribution in [1.82, 2.24) is 5.32 Å². The Morgan fingerprint density at radius 3 is 1.34 bits per heavy atom. The molecule has 61 heavy (non-hydrogen) atoms. The Labute approximate surface area is 372 Å². The average Bonchev–Trinajstić information content (AvgIpc) is 3.24. The summed E-state index contributed by atoms with van der Waals surface area (Å²) in [5.74, 6) is -0.900. The van der Waals surface area contributed by atoms with Gasteiger partial charge in [0.25, 0.3) is 0 Å². The minimum absolute atomic E-state index is 0.0294. The van der Waals surface area contributed by atoms with Crippen molar-refractivity contribution in [2.75, 3.05) is 59.9 Å². The molecule has 0 fully saturated rings. The summed E-state index contributed by atoms with van der Waals surface area (Å²) in [6, 6.07) is 0. The van der Waals surface area contributed by atoms with Gasteiger partial charge in [-0.1, -0.05) is 194 Å². The molecule has 0 radical (unpaired) electrons. The Morgan fingerprint density at radius 1 is 0.492 bits per heavy atom. The molecule has 0 heterocycles. The summed E-state index contributed by atoms with van der Waals surface area (Å²) in [4.78, 5) is 47.4. The maximum Gasteiger partial charge on any atom is 0.472 e. The monoisotopic (exact) mass is 894 g/mol. The Hall–Kier alpha value is -1.76. The first-order valence-corrected chi connectivity index (χ1v) is 26.2. The first-order chi connectivity index (χ1) is 29.7. The molecule has 1 amide bonds. The lowest BCUT2D eigenvalue weighted by Crippen LogP contribution is -2.30. The van der Waals surface area contributed by atoms with Crippen LogP contribution in [0.3, 0.4) is 0 Å². The number of methoxy groups -OCH3 is 1. The molecule has 0 aliphatic rings. The molecule has 13 nitrogen and oxygen atoms in total. The number of esters is 2. The molecule has 0 aromatic rings. The first-order valence-electron chi connectivity index (χ1n) is 24.7. The Bertz CT molecular complexity index is 1040. The maximum atomic E-state index is 12.8. The van der Waals surface area contributed by atoms with Crippen molar-refractivity contribution >= 4 is 25.9 Å². The molecule has 0 aromatic carbocycles. The second-order valence-electron chi connectivity index (χ2n) is 16.5. The molecule has 0 saturated carbocycles. The van der Waals surface area contributed by atoms with E-state index in [0.29, 0.717) is 26.1 Å². The van der Waals surface area contributed by atoms with Crippen molar-refractivity contribution in [2.24, 2.45) is 0 Å². The second-order valence-corrected chi connectivity index (χ2v) is 17.9. The highest BCUT2D eigenvalue weighted by atomic mass is 31.2. The third-order valence-electron chi connectivity index (χ3n) is 10.6. The molecule has 0 aromatic heterocycles.